The van der Waals surface area contributed by atoms with Crippen molar-refractivity contribution < 1.29 is 0 Å². The van der Waals surface area contributed by atoms with Crippen molar-refractivity contribution in [3.63, 3.8) is 0 Å². The number of fused-ring (bicyclic) bond motifs is 4. The van der Waals surface area contributed by atoms with Crippen LogP contribution in [0.1, 0.15) is 44.5 Å². The summed E-state index contributed by atoms with van der Waals surface area (Å²) in [5, 5.41) is 0. The third-order valence-electron chi connectivity index (χ3n) is 11.2. The van der Waals surface area contributed by atoms with E-state index in [-0.39, 0.29) is 0 Å². The maximum atomic E-state index is 2.48. The number of benzene rings is 8. The van der Waals surface area contributed by atoms with E-state index in [1.807, 2.05) is 0 Å². The number of hydrogen-bond donors (Lipinski definition) is 0. The lowest BCUT2D eigenvalue weighted by atomic mass is 9.78. The lowest BCUT2D eigenvalue weighted by Crippen LogP contribution is -2.22. The predicted molar refractivity (Wildman–Crippen MR) is 237 cm³/mol. The molecule has 8 aromatic carbocycles. The van der Waals surface area contributed by atoms with Crippen molar-refractivity contribution >= 4 is 45.3 Å². The molecule has 2 aliphatic rings. The summed E-state index contributed by atoms with van der Waals surface area (Å²) < 4.78 is 0. The van der Waals surface area contributed by atoms with E-state index in [4.69, 9.17) is 0 Å². The minimum Gasteiger partial charge on any atom is -0.309 e. The van der Waals surface area contributed by atoms with Gasteiger partial charge in [-0.05, 0) is 121 Å². The Morgan fingerprint density at radius 2 is 0.607 bits per heavy atom. The van der Waals surface area contributed by atoms with Crippen molar-refractivity contribution in [3.05, 3.63) is 226 Å². The van der Waals surface area contributed by atoms with Gasteiger partial charge in [0.15, 0.2) is 0 Å². The van der Waals surface area contributed by atoms with E-state index in [1.165, 1.54) is 112 Å². The van der Waals surface area contributed by atoms with Crippen molar-refractivity contribution in [2.75, 3.05) is 9.80 Å². The van der Waals surface area contributed by atoms with E-state index in [0.29, 0.717) is 0 Å². The molecule has 0 saturated carbocycles. The van der Waals surface area contributed by atoms with Crippen molar-refractivity contribution in [1.29, 1.82) is 0 Å². The van der Waals surface area contributed by atoms with Gasteiger partial charge in [0.1, 0.15) is 0 Å². The first-order chi connectivity index (χ1) is 27.4. The average molecular weight is 719 g/mol. The minimum absolute atomic E-state index is 1.17. The van der Waals surface area contributed by atoms with E-state index in [2.05, 4.69) is 219 Å². The van der Waals surface area contributed by atoms with Gasteiger partial charge in [0, 0.05) is 44.8 Å². The third kappa shape index (κ3) is 5.65. The molecule has 0 aromatic heterocycles. The number of rotatable bonds is 4. The standard InChI is InChI=1S/C54H42N2/c1-35-27-36(2)30-43(29-35)55-49-21-13-11-19-45(49)53(47-25-23-41(33-51(47)55)39-15-7-5-8-16-39)54-46-20-12-14-22-50(46)56(44-31-37(3)28-38(4)32-44)52-34-42(24-26-48(52)54)40-17-9-6-10-18-40/h5-34H,1-4H3/b54-53+. The molecular weight excluding hydrogens is 677 g/mol. The fraction of sp³-hybridized carbons (Fsp3) is 0.0741. The van der Waals surface area contributed by atoms with Gasteiger partial charge >= 0.3 is 0 Å². The number of nitrogens with zero attached hydrogens (tertiary/aromatic N) is 2. The summed E-state index contributed by atoms with van der Waals surface area (Å²) in [5.74, 6) is 0. The first-order valence-electron chi connectivity index (χ1n) is 19.5. The molecule has 2 nitrogen and oxygen atoms in total. The molecule has 268 valence electrons. The molecule has 2 heteroatoms. The molecule has 8 aromatic rings. The molecule has 10 rings (SSSR count). The molecule has 0 radical (unpaired) electrons. The Kier molecular flexibility index (Phi) is 8.08. The van der Waals surface area contributed by atoms with Crippen LogP contribution in [0.25, 0.3) is 33.4 Å². The summed E-state index contributed by atoms with van der Waals surface area (Å²) in [4.78, 5) is 4.97. The molecule has 0 spiro atoms. The monoisotopic (exact) mass is 718 g/mol. The Labute approximate surface area is 330 Å². The fourth-order valence-corrected chi connectivity index (χ4v) is 9.04. The Bertz CT molecular complexity index is 2610. The van der Waals surface area contributed by atoms with Gasteiger partial charge in [-0.1, -0.05) is 133 Å². The molecule has 2 aliphatic heterocycles. The molecule has 2 heterocycles. The fourth-order valence-electron chi connectivity index (χ4n) is 9.04. The highest BCUT2D eigenvalue weighted by Crippen LogP contribution is 2.57. The normalized spacial score (nSPS) is 14.1. The summed E-state index contributed by atoms with van der Waals surface area (Å²) in [6, 6.07) is 67.4. The molecule has 0 N–H and O–H groups in total. The second kappa shape index (κ2) is 13.4. The Hall–Kier alpha value is -6.90. The highest BCUT2D eigenvalue weighted by Gasteiger charge is 2.35. The number of anilines is 6. The Balaban J connectivity index is 1.32. The van der Waals surface area contributed by atoms with Crippen LogP contribution in [-0.2, 0) is 0 Å². The van der Waals surface area contributed by atoms with Crippen molar-refractivity contribution in [3.8, 4) is 22.3 Å². The smallest absolute Gasteiger partial charge is 0.0546 e. The zero-order valence-corrected chi connectivity index (χ0v) is 32.2. The van der Waals surface area contributed by atoms with Gasteiger partial charge in [0.05, 0.1) is 22.7 Å². The molecule has 0 bridgehead atoms. The van der Waals surface area contributed by atoms with Crippen LogP contribution in [0.2, 0.25) is 0 Å². The predicted octanol–water partition coefficient (Wildman–Crippen LogP) is 14.8. The largest absolute Gasteiger partial charge is 0.309 e. The zero-order chi connectivity index (χ0) is 37.9. The van der Waals surface area contributed by atoms with E-state index in [9.17, 15) is 0 Å². The summed E-state index contributed by atoms with van der Waals surface area (Å²) in [5.41, 5.74) is 24.2. The first kappa shape index (κ1) is 33.7. The Morgan fingerprint density at radius 3 is 1.00 bits per heavy atom. The maximum Gasteiger partial charge on any atom is 0.0546 e. The minimum atomic E-state index is 1.17. The van der Waals surface area contributed by atoms with Crippen LogP contribution in [0.4, 0.5) is 34.1 Å². The van der Waals surface area contributed by atoms with E-state index >= 15 is 0 Å². The van der Waals surface area contributed by atoms with Crippen LogP contribution in [0.5, 0.6) is 0 Å². The highest BCUT2D eigenvalue weighted by molar-refractivity contribution is 6.18. The van der Waals surface area contributed by atoms with Gasteiger partial charge in [-0.25, -0.2) is 0 Å². The molecule has 0 aliphatic carbocycles. The van der Waals surface area contributed by atoms with Gasteiger partial charge < -0.3 is 9.80 Å². The van der Waals surface area contributed by atoms with E-state index < -0.39 is 0 Å². The lowest BCUT2D eigenvalue weighted by Gasteiger charge is -2.40. The zero-order valence-electron chi connectivity index (χ0n) is 32.2. The topological polar surface area (TPSA) is 6.48 Å². The summed E-state index contributed by atoms with van der Waals surface area (Å²) in [6.45, 7) is 8.79. The molecule has 56 heavy (non-hydrogen) atoms. The van der Waals surface area contributed by atoms with Gasteiger partial charge in [-0.2, -0.15) is 0 Å². The van der Waals surface area contributed by atoms with Crippen LogP contribution in [-0.4, -0.2) is 0 Å². The van der Waals surface area contributed by atoms with E-state index in [1.54, 1.807) is 0 Å². The van der Waals surface area contributed by atoms with Crippen molar-refractivity contribution in [2.24, 2.45) is 0 Å². The molecule has 0 saturated heterocycles. The summed E-state index contributed by atoms with van der Waals surface area (Å²) in [7, 11) is 0. The third-order valence-corrected chi connectivity index (χ3v) is 11.2. The van der Waals surface area contributed by atoms with Crippen LogP contribution in [0.3, 0.4) is 0 Å². The average Bonchev–Trinajstić information content (AvgIpc) is 3.21. The summed E-state index contributed by atoms with van der Waals surface area (Å²) in [6.07, 6.45) is 0. The highest BCUT2D eigenvalue weighted by atomic mass is 15.2. The second-order valence-corrected chi connectivity index (χ2v) is 15.3. The lowest BCUT2D eigenvalue weighted by molar-refractivity contribution is 1.21. The van der Waals surface area contributed by atoms with Crippen LogP contribution < -0.4 is 9.80 Å². The van der Waals surface area contributed by atoms with Crippen molar-refractivity contribution in [1.82, 2.24) is 0 Å². The van der Waals surface area contributed by atoms with Gasteiger partial charge in [-0.15, -0.1) is 0 Å². The Morgan fingerprint density at radius 1 is 0.268 bits per heavy atom. The summed E-state index contributed by atoms with van der Waals surface area (Å²) >= 11 is 0. The molecule has 0 fully saturated rings. The van der Waals surface area contributed by atoms with Gasteiger partial charge in [0.2, 0.25) is 0 Å². The maximum absolute atomic E-state index is 2.48. The quantitative estimate of drug-likeness (QED) is 0.179. The number of para-hydroxylation sites is 2. The number of aryl methyl sites for hydroxylation is 4. The van der Waals surface area contributed by atoms with E-state index in [0.717, 1.165) is 0 Å². The van der Waals surface area contributed by atoms with Crippen LogP contribution in [0.15, 0.2) is 182 Å². The number of hydrogen-bond acceptors (Lipinski definition) is 2. The molecular formula is C54H42N2. The second-order valence-electron chi connectivity index (χ2n) is 15.3. The molecule has 0 amide bonds. The SMILES string of the molecule is Cc1cc(C)cc(N2c3ccccc3/C(=C3/c4ccccc4N(c4cc(C)cc(C)c4)c4cc(-c5ccccc5)ccc43)c3ccc(-c4ccccc4)cc32)c1. The van der Waals surface area contributed by atoms with Crippen molar-refractivity contribution in [2.45, 2.75) is 27.7 Å². The molecule has 0 atom stereocenters. The first-order valence-corrected chi connectivity index (χ1v) is 19.5. The molecule has 0 unspecified atom stereocenters. The van der Waals surface area contributed by atoms with Gasteiger partial charge in [0.25, 0.3) is 0 Å². The van der Waals surface area contributed by atoms with Gasteiger partial charge in [-0.3, -0.25) is 0 Å². The van der Waals surface area contributed by atoms with Crippen LogP contribution >= 0.6 is 0 Å². The van der Waals surface area contributed by atoms with Crippen LogP contribution in [0, 0.1) is 27.7 Å².